The number of aliphatic carboxylic acids is 1. The third-order valence-corrected chi connectivity index (χ3v) is 5.05. The largest absolute Gasteiger partial charge is 0.481 e. The molecule has 0 saturated carbocycles. The van der Waals surface area contributed by atoms with Gasteiger partial charge < -0.3 is 20.1 Å². The molecule has 1 amide bonds. The molecule has 0 bridgehead atoms. The molecule has 6 nitrogen and oxygen atoms in total. The van der Waals surface area contributed by atoms with Crippen molar-refractivity contribution in [1.29, 1.82) is 0 Å². The predicted octanol–water partition coefficient (Wildman–Crippen LogP) is 3.22. The van der Waals surface area contributed by atoms with E-state index in [1.54, 1.807) is 0 Å². The van der Waals surface area contributed by atoms with Gasteiger partial charge in [-0.25, -0.2) is 0 Å². The van der Waals surface area contributed by atoms with E-state index in [0.717, 1.165) is 10.9 Å². The van der Waals surface area contributed by atoms with Gasteiger partial charge in [-0.3, -0.25) is 9.59 Å². The number of aromatic amines is 1. The normalized spacial score (nSPS) is 17.2. The molecule has 0 unspecified atom stereocenters. The molecular weight excluding hydrogens is 332 g/mol. The number of hydrogen-bond donors (Lipinski definition) is 3. The van der Waals surface area contributed by atoms with E-state index in [-0.39, 0.29) is 17.7 Å². The lowest BCUT2D eigenvalue weighted by molar-refractivity contribution is -0.139. The highest BCUT2D eigenvalue weighted by Crippen LogP contribution is 2.28. The van der Waals surface area contributed by atoms with Crippen molar-refractivity contribution in [3.8, 4) is 0 Å². The molecule has 0 aliphatic carbocycles. The molecule has 0 radical (unpaired) electrons. The smallest absolute Gasteiger partial charge is 0.305 e. The zero-order valence-corrected chi connectivity index (χ0v) is 15.5. The van der Waals surface area contributed by atoms with Crippen molar-refractivity contribution in [3.05, 3.63) is 35.5 Å². The minimum Gasteiger partial charge on any atom is -0.481 e. The maximum Gasteiger partial charge on any atom is 0.305 e. The van der Waals surface area contributed by atoms with E-state index in [9.17, 15) is 14.7 Å². The summed E-state index contributed by atoms with van der Waals surface area (Å²) in [7, 11) is 0. The number of carbonyl (C=O) groups excluding carboxylic acids is 1. The summed E-state index contributed by atoms with van der Waals surface area (Å²) in [5.74, 6) is -1.19. The van der Waals surface area contributed by atoms with Crippen LogP contribution in [0.5, 0.6) is 0 Å². The second-order valence-corrected chi connectivity index (χ2v) is 8.15. The zero-order valence-electron chi connectivity index (χ0n) is 15.5. The third kappa shape index (κ3) is 3.90. The fourth-order valence-corrected chi connectivity index (χ4v) is 3.42. The standard InChI is InChI=1S/C20H26N2O4/c1-19(2,3)14-5-4-13-10-16(21-15(13)11-14)18(25)22-20(12-17(23)24)6-8-26-9-7-20/h4-5,10-11,21H,6-9,12H2,1-3H3,(H,22,25)(H,23,24). The molecule has 2 heterocycles. The van der Waals surface area contributed by atoms with E-state index in [0.29, 0.717) is 31.7 Å². The molecule has 1 saturated heterocycles. The van der Waals surface area contributed by atoms with Crippen molar-refractivity contribution in [1.82, 2.24) is 10.3 Å². The number of benzene rings is 1. The Kier molecular flexibility index (Phi) is 4.80. The molecule has 26 heavy (non-hydrogen) atoms. The van der Waals surface area contributed by atoms with Gasteiger partial charge in [0.1, 0.15) is 5.69 Å². The molecule has 1 aromatic carbocycles. The van der Waals surface area contributed by atoms with Crippen LogP contribution >= 0.6 is 0 Å². The average molecular weight is 358 g/mol. The summed E-state index contributed by atoms with van der Waals surface area (Å²) in [5.41, 5.74) is 1.81. The number of amides is 1. The van der Waals surface area contributed by atoms with Gasteiger partial charge in [0.15, 0.2) is 0 Å². The van der Waals surface area contributed by atoms with E-state index >= 15 is 0 Å². The van der Waals surface area contributed by atoms with Crippen molar-refractivity contribution in [2.75, 3.05) is 13.2 Å². The lowest BCUT2D eigenvalue weighted by Crippen LogP contribution is -2.53. The molecule has 2 aromatic rings. The van der Waals surface area contributed by atoms with E-state index in [1.165, 1.54) is 5.56 Å². The Morgan fingerprint density at radius 1 is 1.23 bits per heavy atom. The molecule has 0 spiro atoms. The monoisotopic (exact) mass is 358 g/mol. The minimum atomic E-state index is -0.918. The van der Waals surface area contributed by atoms with Crippen molar-refractivity contribution >= 4 is 22.8 Å². The molecule has 0 atom stereocenters. The highest BCUT2D eigenvalue weighted by atomic mass is 16.5. The Morgan fingerprint density at radius 3 is 2.54 bits per heavy atom. The Morgan fingerprint density at radius 2 is 1.92 bits per heavy atom. The SMILES string of the molecule is CC(C)(C)c1ccc2cc(C(=O)NC3(CC(=O)O)CCOCC3)[nH]c2c1. The second-order valence-electron chi connectivity index (χ2n) is 8.15. The van der Waals surface area contributed by atoms with Crippen LogP contribution in [0.15, 0.2) is 24.3 Å². The summed E-state index contributed by atoms with van der Waals surface area (Å²) in [4.78, 5) is 27.2. The lowest BCUT2D eigenvalue weighted by Gasteiger charge is -2.36. The third-order valence-electron chi connectivity index (χ3n) is 5.05. The average Bonchev–Trinajstić information content (AvgIpc) is 2.97. The summed E-state index contributed by atoms with van der Waals surface area (Å²) in [6.07, 6.45) is 0.898. The maximum absolute atomic E-state index is 12.8. The molecule has 1 aliphatic rings. The van der Waals surface area contributed by atoms with Crippen LogP contribution in [0.2, 0.25) is 0 Å². The molecule has 3 N–H and O–H groups in total. The first kappa shape index (κ1) is 18.5. The highest BCUT2D eigenvalue weighted by molar-refractivity contribution is 5.98. The first-order valence-electron chi connectivity index (χ1n) is 8.94. The number of carboxylic acid groups (broad SMARTS) is 1. The number of carboxylic acids is 1. The molecule has 140 valence electrons. The van der Waals surface area contributed by atoms with Crippen LogP contribution in [-0.2, 0) is 14.9 Å². The van der Waals surface area contributed by atoms with Gasteiger partial charge in [0.25, 0.3) is 5.91 Å². The highest BCUT2D eigenvalue weighted by Gasteiger charge is 2.37. The summed E-state index contributed by atoms with van der Waals surface area (Å²) in [6, 6.07) is 7.95. The minimum absolute atomic E-state index is 0.0232. The summed E-state index contributed by atoms with van der Waals surface area (Å²) >= 11 is 0. The molecule has 6 heteroatoms. The summed E-state index contributed by atoms with van der Waals surface area (Å²) in [6.45, 7) is 7.34. The van der Waals surface area contributed by atoms with Crippen LogP contribution < -0.4 is 5.32 Å². The van der Waals surface area contributed by atoms with Crippen LogP contribution in [-0.4, -0.2) is 40.7 Å². The van der Waals surface area contributed by atoms with E-state index in [1.807, 2.05) is 12.1 Å². The predicted molar refractivity (Wildman–Crippen MR) is 99.5 cm³/mol. The van der Waals surface area contributed by atoms with Crippen LogP contribution in [0, 0.1) is 0 Å². The first-order valence-corrected chi connectivity index (χ1v) is 8.94. The van der Waals surface area contributed by atoms with E-state index in [2.05, 4.69) is 43.2 Å². The number of rotatable bonds is 4. The van der Waals surface area contributed by atoms with E-state index in [4.69, 9.17) is 4.74 Å². The number of H-pyrrole nitrogens is 1. The molecule has 3 rings (SSSR count). The summed E-state index contributed by atoms with van der Waals surface area (Å²) < 4.78 is 5.33. The molecular formula is C20H26N2O4. The van der Waals surface area contributed by atoms with Gasteiger partial charge in [-0.15, -0.1) is 0 Å². The van der Waals surface area contributed by atoms with Gasteiger partial charge >= 0.3 is 5.97 Å². The second kappa shape index (κ2) is 6.76. The summed E-state index contributed by atoms with van der Waals surface area (Å²) in [5, 5.41) is 13.2. The number of carbonyl (C=O) groups is 2. The van der Waals surface area contributed by atoms with Crippen LogP contribution in [0.25, 0.3) is 10.9 Å². The maximum atomic E-state index is 12.8. The number of nitrogens with one attached hydrogen (secondary N) is 2. The van der Waals surface area contributed by atoms with Crippen molar-refractivity contribution in [2.45, 2.75) is 51.0 Å². The molecule has 1 aromatic heterocycles. The number of aromatic nitrogens is 1. The Balaban J connectivity index is 1.85. The number of ether oxygens (including phenoxy) is 1. The quantitative estimate of drug-likeness (QED) is 0.782. The fraction of sp³-hybridized carbons (Fsp3) is 0.500. The Labute approximate surface area is 152 Å². The first-order chi connectivity index (χ1) is 12.2. The number of hydrogen-bond acceptors (Lipinski definition) is 3. The van der Waals surface area contributed by atoms with Crippen molar-refractivity contribution < 1.29 is 19.4 Å². The van der Waals surface area contributed by atoms with E-state index < -0.39 is 11.5 Å². The molecule has 1 fully saturated rings. The van der Waals surface area contributed by atoms with Crippen LogP contribution in [0.3, 0.4) is 0 Å². The zero-order chi connectivity index (χ0) is 18.9. The van der Waals surface area contributed by atoms with Gasteiger partial charge in [0.2, 0.25) is 0 Å². The Hall–Kier alpha value is -2.34. The van der Waals surface area contributed by atoms with Gasteiger partial charge in [-0.05, 0) is 36.0 Å². The van der Waals surface area contributed by atoms with Gasteiger partial charge in [-0.2, -0.15) is 0 Å². The van der Waals surface area contributed by atoms with Crippen LogP contribution in [0.4, 0.5) is 0 Å². The molecule has 1 aliphatic heterocycles. The van der Waals surface area contributed by atoms with Gasteiger partial charge in [-0.1, -0.05) is 32.9 Å². The van der Waals surface area contributed by atoms with Crippen molar-refractivity contribution in [3.63, 3.8) is 0 Å². The van der Waals surface area contributed by atoms with Gasteiger partial charge in [0.05, 0.1) is 12.0 Å². The number of fused-ring (bicyclic) bond motifs is 1. The lowest BCUT2D eigenvalue weighted by atomic mass is 9.86. The topological polar surface area (TPSA) is 91.4 Å². The van der Waals surface area contributed by atoms with Crippen LogP contribution in [0.1, 0.15) is 56.1 Å². The van der Waals surface area contributed by atoms with Crippen molar-refractivity contribution in [2.24, 2.45) is 0 Å². The van der Waals surface area contributed by atoms with Gasteiger partial charge in [0, 0.05) is 24.1 Å². The Bertz CT molecular complexity index is 826. The fourth-order valence-electron chi connectivity index (χ4n) is 3.42.